The lowest BCUT2D eigenvalue weighted by atomic mass is 10.1. The summed E-state index contributed by atoms with van der Waals surface area (Å²) >= 11 is 1.38. The highest BCUT2D eigenvalue weighted by molar-refractivity contribution is 7.99. The Morgan fingerprint density at radius 1 is 1.33 bits per heavy atom. The van der Waals surface area contributed by atoms with Gasteiger partial charge in [0.2, 0.25) is 5.16 Å². The number of rotatable bonds is 3. The summed E-state index contributed by atoms with van der Waals surface area (Å²) in [7, 11) is 0. The van der Waals surface area contributed by atoms with Gasteiger partial charge >= 0.3 is 0 Å². The summed E-state index contributed by atoms with van der Waals surface area (Å²) in [4.78, 5) is 4.48. The number of tetrazole rings is 1. The molecule has 6 nitrogen and oxygen atoms in total. The van der Waals surface area contributed by atoms with E-state index in [-0.39, 0.29) is 0 Å². The molecule has 0 aliphatic heterocycles. The van der Waals surface area contributed by atoms with Crippen LogP contribution in [0.25, 0.3) is 0 Å². The molecule has 0 unspecified atom stereocenters. The predicted octanol–water partition coefficient (Wildman–Crippen LogP) is 2.82. The first kappa shape index (κ1) is 14.0. The summed E-state index contributed by atoms with van der Waals surface area (Å²) in [6.45, 7) is 3.86. The first-order valence-electron chi connectivity index (χ1n) is 7.03. The zero-order chi connectivity index (χ0) is 14.8. The molecular formula is C14H16N6S. The fraction of sp³-hybridized carbons (Fsp3) is 0.500. The first-order chi connectivity index (χ1) is 10.2. The second kappa shape index (κ2) is 5.82. The molecule has 0 spiro atoms. The van der Waals surface area contributed by atoms with Crippen LogP contribution in [0.4, 0.5) is 0 Å². The van der Waals surface area contributed by atoms with E-state index in [1.54, 1.807) is 0 Å². The van der Waals surface area contributed by atoms with E-state index >= 15 is 0 Å². The molecule has 1 aliphatic carbocycles. The average molecular weight is 300 g/mol. The fourth-order valence-electron chi connectivity index (χ4n) is 2.73. The predicted molar refractivity (Wildman–Crippen MR) is 77.9 cm³/mol. The third-order valence-electron chi connectivity index (χ3n) is 3.74. The van der Waals surface area contributed by atoms with Gasteiger partial charge in [-0.15, -0.1) is 5.10 Å². The molecule has 0 aromatic carbocycles. The molecule has 2 aromatic rings. The van der Waals surface area contributed by atoms with Gasteiger partial charge in [-0.3, -0.25) is 0 Å². The van der Waals surface area contributed by atoms with E-state index in [2.05, 4.69) is 26.6 Å². The van der Waals surface area contributed by atoms with Gasteiger partial charge < -0.3 is 0 Å². The van der Waals surface area contributed by atoms with Crippen molar-refractivity contribution in [2.24, 2.45) is 0 Å². The number of hydrogen-bond donors (Lipinski definition) is 0. The summed E-state index contributed by atoms with van der Waals surface area (Å²) in [5.74, 6) is 0. The third-order valence-corrected chi connectivity index (χ3v) is 4.68. The van der Waals surface area contributed by atoms with E-state index < -0.39 is 0 Å². The van der Waals surface area contributed by atoms with Crippen molar-refractivity contribution in [2.75, 3.05) is 0 Å². The highest BCUT2D eigenvalue weighted by atomic mass is 32.2. The minimum absolute atomic E-state index is 0.374. The Bertz CT molecular complexity index is 696. The van der Waals surface area contributed by atoms with Gasteiger partial charge in [0, 0.05) is 5.69 Å². The summed E-state index contributed by atoms with van der Waals surface area (Å²) < 4.78 is 1.89. The minimum atomic E-state index is 0.374. The van der Waals surface area contributed by atoms with Crippen LogP contribution in [-0.4, -0.2) is 25.2 Å². The van der Waals surface area contributed by atoms with Crippen molar-refractivity contribution in [2.45, 2.75) is 55.8 Å². The molecule has 7 heteroatoms. The molecule has 0 saturated heterocycles. The van der Waals surface area contributed by atoms with Crippen LogP contribution in [0.3, 0.4) is 0 Å². The van der Waals surface area contributed by atoms with Gasteiger partial charge in [-0.1, -0.05) is 12.8 Å². The molecule has 2 aromatic heterocycles. The molecule has 0 amide bonds. The second-order valence-corrected chi connectivity index (χ2v) is 6.27. The molecule has 0 radical (unpaired) electrons. The van der Waals surface area contributed by atoms with Gasteiger partial charge in [0.15, 0.2) is 0 Å². The number of pyridine rings is 1. The average Bonchev–Trinajstić information content (AvgIpc) is 3.08. The number of aromatic nitrogens is 5. The van der Waals surface area contributed by atoms with Crippen molar-refractivity contribution in [3.8, 4) is 6.07 Å². The topological polar surface area (TPSA) is 80.3 Å². The van der Waals surface area contributed by atoms with Crippen LogP contribution in [0.15, 0.2) is 16.2 Å². The van der Waals surface area contributed by atoms with Crippen LogP contribution in [0.1, 0.15) is 48.5 Å². The highest BCUT2D eigenvalue weighted by Crippen LogP contribution is 2.34. The zero-order valence-electron chi connectivity index (χ0n) is 12.1. The fourth-order valence-corrected chi connectivity index (χ4v) is 3.76. The lowest BCUT2D eigenvalue weighted by Gasteiger charge is -2.11. The van der Waals surface area contributed by atoms with Crippen LogP contribution in [0, 0.1) is 25.2 Å². The van der Waals surface area contributed by atoms with Gasteiger partial charge in [-0.05, 0) is 60.5 Å². The SMILES string of the molecule is Cc1cc(C)c(C#N)c(Sc2nnnn2C2CCCC2)n1. The maximum absolute atomic E-state index is 9.34. The molecule has 0 bridgehead atoms. The molecule has 0 N–H and O–H groups in total. The Morgan fingerprint density at radius 3 is 2.81 bits per heavy atom. The lowest BCUT2D eigenvalue weighted by Crippen LogP contribution is -2.08. The molecule has 1 saturated carbocycles. The van der Waals surface area contributed by atoms with Crippen LogP contribution in [0.2, 0.25) is 0 Å². The van der Waals surface area contributed by atoms with Crippen LogP contribution < -0.4 is 0 Å². The van der Waals surface area contributed by atoms with Crippen LogP contribution in [-0.2, 0) is 0 Å². The van der Waals surface area contributed by atoms with Crippen molar-refractivity contribution in [3.05, 3.63) is 22.9 Å². The van der Waals surface area contributed by atoms with Crippen molar-refractivity contribution in [1.82, 2.24) is 25.2 Å². The minimum Gasteiger partial charge on any atom is -0.245 e. The Kier molecular flexibility index (Phi) is 3.88. The maximum Gasteiger partial charge on any atom is 0.215 e. The van der Waals surface area contributed by atoms with Gasteiger partial charge in [-0.25, -0.2) is 9.67 Å². The smallest absolute Gasteiger partial charge is 0.215 e. The van der Waals surface area contributed by atoms with Crippen molar-refractivity contribution < 1.29 is 0 Å². The zero-order valence-corrected chi connectivity index (χ0v) is 12.9. The molecule has 2 heterocycles. The van der Waals surface area contributed by atoms with E-state index in [4.69, 9.17) is 0 Å². The van der Waals surface area contributed by atoms with E-state index in [0.717, 1.165) is 29.3 Å². The third kappa shape index (κ3) is 2.76. The molecule has 108 valence electrons. The molecule has 21 heavy (non-hydrogen) atoms. The van der Waals surface area contributed by atoms with Gasteiger partial charge in [0.1, 0.15) is 11.1 Å². The standard InChI is InChI=1S/C14H16N6S/c1-9-7-10(2)16-13(12(9)8-15)21-14-17-18-19-20(14)11-5-3-4-6-11/h7,11H,3-6H2,1-2H3. The van der Waals surface area contributed by atoms with E-state index in [9.17, 15) is 5.26 Å². The highest BCUT2D eigenvalue weighted by Gasteiger charge is 2.23. The monoisotopic (exact) mass is 300 g/mol. The first-order valence-corrected chi connectivity index (χ1v) is 7.84. The van der Waals surface area contributed by atoms with Gasteiger partial charge in [0.05, 0.1) is 11.6 Å². The summed E-state index contributed by atoms with van der Waals surface area (Å²) in [6, 6.07) is 4.52. The summed E-state index contributed by atoms with van der Waals surface area (Å²) in [5, 5.41) is 22.8. The molecule has 0 atom stereocenters. The Hall–Kier alpha value is -1.94. The maximum atomic E-state index is 9.34. The molecule has 1 fully saturated rings. The number of hydrogen-bond acceptors (Lipinski definition) is 6. The molecular weight excluding hydrogens is 284 g/mol. The summed E-state index contributed by atoms with van der Waals surface area (Å²) in [6.07, 6.45) is 4.67. The number of nitriles is 1. The second-order valence-electron chi connectivity index (χ2n) is 5.32. The Labute approximate surface area is 127 Å². The quantitative estimate of drug-likeness (QED) is 0.867. The lowest BCUT2D eigenvalue weighted by molar-refractivity contribution is 0.423. The van der Waals surface area contributed by atoms with E-state index in [1.165, 1.54) is 24.6 Å². The van der Waals surface area contributed by atoms with E-state index in [1.807, 2.05) is 24.6 Å². The Balaban J connectivity index is 1.95. The molecule has 1 aliphatic rings. The van der Waals surface area contributed by atoms with Crippen LogP contribution in [0.5, 0.6) is 0 Å². The van der Waals surface area contributed by atoms with Gasteiger partial charge in [-0.2, -0.15) is 5.26 Å². The molecule has 3 rings (SSSR count). The number of aryl methyl sites for hydroxylation is 2. The largest absolute Gasteiger partial charge is 0.245 e. The Morgan fingerprint density at radius 2 is 2.10 bits per heavy atom. The number of nitrogens with zero attached hydrogens (tertiary/aromatic N) is 6. The van der Waals surface area contributed by atoms with Crippen molar-refractivity contribution in [1.29, 1.82) is 5.26 Å². The van der Waals surface area contributed by atoms with Crippen LogP contribution >= 0.6 is 11.8 Å². The summed E-state index contributed by atoms with van der Waals surface area (Å²) in [5.41, 5.74) is 2.44. The van der Waals surface area contributed by atoms with Crippen molar-refractivity contribution >= 4 is 11.8 Å². The van der Waals surface area contributed by atoms with Gasteiger partial charge in [0.25, 0.3) is 0 Å². The van der Waals surface area contributed by atoms with Crippen molar-refractivity contribution in [3.63, 3.8) is 0 Å². The normalized spacial score (nSPS) is 15.3. The van der Waals surface area contributed by atoms with E-state index in [0.29, 0.717) is 16.6 Å².